The van der Waals surface area contributed by atoms with E-state index >= 15 is 0 Å². The second kappa shape index (κ2) is 9.37. The predicted molar refractivity (Wildman–Crippen MR) is 122 cm³/mol. The minimum atomic E-state index is -4.45. The summed E-state index contributed by atoms with van der Waals surface area (Å²) in [6.07, 6.45) is -3.25. The van der Waals surface area contributed by atoms with Crippen LogP contribution in [0, 0.1) is 5.92 Å². The number of anilines is 1. The van der Waals surface area contributed by atoms with Crippen LogP contribution >= 0.6 is 0 Å². The van der Waals surface area contributed by atoms with Crippen LogP contribution in [0.15, 0.2) is 59.0 Å². The SMILES string of the molecule is CC(C)CC(=O)N1CCc2oc(-c3ccc(NC(=O)c4ccc(C(F)(F)F)cc4)cc3)cc2C1. The molecule has 4 rings (SSSR count). The van der Waals surface area contributed by atoms with Crippen molar-refractivity contribution in [3.63, 3.8) is 0 Å². The van der Waals surface area contributed by atoms with E-state index in [4.69, 9.17) is 4.42 Å². The van der Waals surface area contributed by atoms with Crippen LogP contribution in [-0.2, 0) is 23.9 Å². The molecule has 2 amide bonds. The van der Waals surface area contributed by atoms with E-state index in [0.717, 1.165) is 41.2 Å². The minimum absolute atomic E-state index is 0.132. The van der Waals surface area contributed by atoms with Crippen LogP contribution in [0.4, 0.5) is 18.9 Å². The molecule has 1 aliphatic rings. The van der Waals surface area contributed by atoms with Gasteiger partial charge in [0.1, 0.15) is 11.5 Å². The Balaban J connectivity index is 1.41. The summed E-state index contributed by atoms with van der Waals surface area (Å²) in [5, 5.41) is 2.68. The fraction of sp³-hybridized carbons (Fsp3) is 0.308. The van der Waals surface area contributed by atoms with Gasteiger partial charge in [0, 0.05) is 48.3 Å². The van der Waals surface area contributed by atoms with E-state index in [2.05, 4.69) is 5.32 Å². The van der Waals surface area contributed by atoms with Crippen molar-refractivity contribution in [2.24, 2.45) is 5.92 Å². The number of amides is 2. The average Bonchev–Trinajstić information content (AvgIpc) is 3.22. The molecular formula is C26H25F3N2O3. The first-order chi connectivity index (χ1) is 16.1. The van der Waals surface area contributed by atoms with Gasteiger partial charge in [0.2, 0.25) is 5.91 Å². The third kappa shape index (κ3) is 5.32. The molecule has 0 atom stereocenters. The first kappa shape index (κ1) is 23.6. The largest absolute Gasteiger partial charge is 0.461 e. The van der Waals surface area contributed by atoms with Gasteiger partial charge in [-0.15, -0.1) is 0 Å². The van der Waals surface area contributed by atoms with Gasteiger partial charge in [0.25, 0.3) is 5.91 Å². The van der Waals surface area contributed by atoms with Crippen molar-refractivity contribution >= 4 is 17.5 Å². The Bertz CT molecular complexity index is 1180. The molecule has 0 saturated carbocycles. The lowest BCUT2D eigenvalue weighted by Crippen LogP contribution is -2.35. The highest BCUT2D eigenvalue weighted by atomic mass is 19.4. The number of hydrogen-bond acceptors (Lipinski definition) is 3. The zero-order chi connectivity index (χ0) is 24.5. The van der Waals surface area contributed by atoms with Gasteiger partial charge in [-0.1, -0.05) is 13.8 Å². The normalized spacial score (nSPS) is 13.6. The molecule has 0 aliphatic carbocycles. The number of alkyl halides is 3. The fourth-order valence-corrected chi connectivity index (χ4v) is 3.90. The molecule has 3 aromatic rings. The Morgan fingerprint density at radius 3 is 2.35 bits per heavy atom. The number of carbonyl (C=O) groups excluding carboxylic acids is 2. The number of halogens is 3. The molecule has 2 heterocycles. The third-order valence-corrected chi connectivity index (χ3v) is 5.70. The van der Waals surface area contributed by atoms with Crippen LogP contribution in [-0.4, -0.2) is 23.3 Å². The zero-order valence-electron chi connectivity index (χ0n) is 18.9. The Morgan fingerprint density at radius 2 is 1.74 bits per heavy atom. The lowest BCUT2D eigenvalue weighted by Gasteiger charge is -2.26. The van der Waals surface area contributed by atoms with Crippen molar-refractivity contribution in [3.05, 3.63) is 77.0 Å². The summed E-state index contributed by atoms with van der Waals surface area (Å²) in [5.74, 6) is 1.52. The van der Waals surface area contributed by atoms with E-state index in [1.165, 1.54) is 0 Å². The third-order valence-electron chi connectivity index (χ3n) is 5.70. The summed E-state index contributed by atoms with van der Waals surface area (Å²) < 4.78 is 44.1. The van der Waals surface area contributed by atoms with E-state index in [0.29, 0.717) is 43.3 Å². The van der Waals surface area contributed by atoms with E-state index in [9.17, 15) is 22.8 Å². The fourth-order valence-electron chi connectivity index (χ4n) is 3.90. The lowest BCUT2D eigenvalue weighted by atomic mass is 10.0. The topological polar surface area (TPSA) is 62.6 Å². The summed E-state index contributed by atoms with van der Waals surface area (Å²) in [6, 6.07) is 13.0. The molecule has 0 unspecified atom stereocenters. The first-order valence-electron chi connectivity index (χ1n) is 11.1. The molecule has 1 aromatic heterocycles. The number of nitrogens with zero attached hydrogens (tertiary/aromatic N) is 1. The van der Waals surface area contributed by atoms with E-state index < -0.39 is 17.6 Å². The Kier molecular flexibility index (Phi) is 6.50. The quantitative estimate of drug-likeness (QED) is 0.487. The molecule has 0 fully saturated rings. The van der Waals surface area contributed by atoms with Crippen molar-refractivity contribution in [1.82, 2.24) is 4.90 Å². The van der Waals surface area contributed by atoms with Crippen LogP contribution in [0.3, 0.4) is 0 Å². The molecule has 178 valence electrons. The molecule has 0 saturated heterocycles. The molecule has 0 spiro atoms. The van der Waals surface area contributed by atoms with Crippen LogP contribution in [0.2, 0.25) is 0 Å². The number of fused-ring (bicyclic) bond motifs is 1. The van der Waals surface area contributed by atoms with Crippen LogP contribution < -0.4 is 5.32 Å². The molecular weight excluding hydrogens is 445 g/mol. The summed E-state index contributed by atoms with van der Waals surface area (Å²) >= 11 is 0. The summed E-state index contributed by atoms with van der Waals surface area (Å²) in [4.78, 5) is 26.6. The van der Waals surface area contributed by atoms with E-state index in [1.54, 1.807) is 24.3 Å². The second-order valence-corrected chi connectivity index (χ2v) is 8.83. The first-order valence-corrected chi connectivity index (χ1v) is 11.1. The molecule has 5 nitrogen and oxygen atoms in total. The Morgan fingerprint density at radius 1 is 1.06 bits per heavy atom. The standard InChI is InChI=1S/C26H25F3N2O3/c1-16(2)13-24(32)31-12-11-22-19(15-31)14-23(34-22)17-5-9-21(10-6-17)30-25(33)18-3-7-20(8-4-18)26(27,28)29/h3-10,14,16H,11-13,15H2,1-2H3,(H,30,33). The van der Waals surface area contributed by atoms with Crippen LogP contribution in [0.5, 0.6) is 0 Å². The number of benzene rings is 2. The Hall–Kier alpha value is -3.55. The number of rotatable bonds is 5. The maximum Gasteiger partial charge on any atom is 0.416 e. The van der Waals surface area contributed by atoms with Crippen molar-refractivity contribution in [3.8, 4) is 11.3 Å². The molecule has 8 heteroatoms. The van der Waals surface area contributed by atoms with Gasteiger partial charge in [-0.05, 0) is 60.5 Å². The number of furan rings is 1. The molecule has 0 bridgehead atoms. The van der Waals surface area contributed by atoms with Gasteiger partial charge in [-0.25, -0.2) is 0 Å². The molecule has 0 radical (unpaired) electrons. The monoisotopic (exact) mass is 470 g/mol. The summed E-state index contributed by atoms with van der Waals surface area (Å²) in [5.41, 5.74) is 1.66. The van der Waals surface area contributed by atoms with Gasteiger partial charge in [0.15, 0.2) is 0 Å². The molecule has 1 aliphatic heterocycles. The second-order valence-electron chi connectivity index (χ2n) is 8.83. The number of carbonyl (C=O) groups is 2. The number of nitrogens with one attached hydrogen (secondary N) is 1. The van der Waals surface area contributed by atoms with Crippen LogP contribution in [0.1, 0.15) is 47.5 Å². The molecule has 2 aromatic carbocycles. The van der Waals surface area contributed by atoms with Gasteiger partial charge in [-0.3, -0.25) is 9.59 Å². The minimum Gasteiger partial charge on any atom is -0.461 e. The Labute approximate surface area is 195 Å². The molecule has 1 N–H and O–H groups in total. The lowest BCUT2D eigenvalue weighted by molar-refractivity contribution is -0.137. The maximum absolute atomic E-state index is 12.7. The number of hydrogen-bond donors (Lipinski definition) is 1. The van der Waals surface area contributed by atoms with Gasteiger partial charge in [0.05, 0.1) is 5.56 Å². The van der Waals surface area contributed by atoms with Crippen molar-refractivity contribution in [2.75, 3.05) is 11.9 Å². The van der Waals surface area contributed by atoms with Crippen molar-refractivity contribution in [2.45, 2.75) is 39.4 Å². The highest BCUT2D eigenvalue weighted by Gasteiger charge is 2.30. The summed E-state index contributed by atoms with van der Waals surface area (Å²) in [7, 11) is 0. The van der Waals surface area contributed by atoms with Crippen molar-refractivity contribution < 1.29 is 27.2 Å². The van der Waals surface area contributed by atoms with Gasteiger partial charge in [-0.2, -0.15) is 13.2 Å². The van der Waals surface area contributed by atoms with E-state index in [1.807, 2.05) is 24.8 Å². The van der Waals surface area contributed by atoms with Crippen LogP contribution in [0.25, 0.3) is 11.3 Å². The smallest absolute Gasteiger partial charge is 0.416 e. The highest BCUT2D eigenvalue weighted by molar-refractivity contribution is 6.04. The van der Waals surface area contributed by atoms with E-state index in [-0.39, 0.29) is 11.5 Å². The zero-order valence-corrected chi connectivity index (χ0v) is 18.9. The van der Waals surface area contributed by atoms with Gasteiger partial charge >= 0.3 is 6.18 Å². The maximum atomic E-state index is 12.7. The van der Waals surface area contributed by atoms with Gasteiger partial charge < -0.3 is 14.6 Å². The molecule has 34 heavy (non-hydrogen) atoms. The highest BCUT2D eigenvalue weighted by Crippen LogP contribution is 2.31. The van der Waals surface area contributed by atoms with Crippen molar-refractivity contribution in [1.29, 1.82) is 0 Å². The average molecular weight is 470 g/mol. The summed E-state index contributed by atoms with van der Waals surface area (Å²) in [6.45, 7) is 5.23. The predicted octanol–water partition coefficient (Wildman–Crippen LogP) is 6.15.